The molecule has 2 atom stereocenters. The summed E-state index contributed by atoms with van der Waals surface area (Å²) < 4.78 is 65.8. The lowest BCUT2D eigenvalue weighted by Crippen LogP contribution is -2.55. The van der Waals surface area contributed by atoms with E-state index >= 15 is 0 Å². The number of rotatable bonds is 4. The maximum absolute atomic E-state index is 13.7. The monoisotopic (exact) mass is 496 g/mol. The number of benzene rings is 2. The van der Waals surface area contributed by atoms with Crippen LogP contribution in [0.3, 0.4) is 0 Å². The Hall–Kier alpha value is -3.09. The molecule has 2 fully saturated rings. The molecule has 7 nitrogen and oxygen atoms in total. The SMILES string of the molecule is NN1NC(c2cc(F)cc(F)c2)CC1N/C(=N\C(=O)c1ccc(C(F)(F)F)cc1)NC1CCCC1. The third kappa shape index (κ3) is 6.32. The summed E-state index contributed by atoms with van der Waals surface area (Å²) in [7, 11) is 0. The molecule has 4 rings (SSSR count). The Kier molecular flexibility index (Phi) is 7.33. The number of alkyl halides is 3. The Balaban J connectivity index is 1.51. The first-order chi connectivity index (χ1) is 16.6. The van der Waals surface area contributed by atoms with E-state index in [0.717, 1.165) is 56.0 Å². The summed E-state index contributed by atoms with van der Waals surface area (Å²) in [6, 6.07) is 6.55. The molecule has 1 heterocycles. The first-order valence-electron chi connectivity index (χ1n) is 11.2. The van der Waals surface area contributed by atoms with Gasteiger partial charge in [-0.3, -0.25) is 10.6 Å². The number of hydrazine groups is 2. The molecule has 1 saturated carbocycles. The van der Waals surface area contributed by atoms with E-state index in [1.54, 1.807) is 0 Å². The molecule has 12 heteroatoms. The van der Waals surface area contributed by atoms with Crippen molar-refractivity contribution >= 4 is 11.9 Å². The lowest BCUT2D eigenvalue weighted by Gasteiger charge is -2.24. The zero-order valence-electron chi connectivity index (χ0n) is 18.6. The number of halogens is 5. The van der Waals surface area contributed by atoms with Crippen LogP contribution >= 0.6 is 0 Å². The van der Waals surface area contributed by atoms with Crippen molar-refractivity contribution in [1.29, 1.82) is 0 Å². The number of hydrogen-bond donors (Lipinski definition) is 4. The van der Waals surface area contributed by atoms with E-state index in [1.165, 1.54) is 17.3 Å². The molecule has 188 valence electrons. The molecule has 2 aromatic rings. The van der Waals surface area contributed by atoms with Gasteiger partial charge in [0.2, 0.25) is 5.96 Å². The molecule has 2 aromatic carbocycles. The van der Waals surface area contributed by atoms with Gasteiger partial charge in [0.05, 0.1) is 11.6 Å². The molecule has 1 aliphatic heterocycles. The third-order valence-electron chi connectivity index (χ3n) is 6.06. The van der Waals surface area contributed by atoms with Gasteiger partial charge in [-0.05, 0) is 54.8 Å². The largest absolute Gasteiger partial charge is 0.416 e. The van der Waals surface area contributed by atoms with E-state index < -0.39 is 41.5 Å². The number of carbonyl (C=O) groups is 1. The summed E-state index contributed by atoms with van der Waals surface area (Å²) >= 11 is 0. The number of carbonyl (C=O) groups excluding carboxylic acids is 1. The van der Waals surface area contributed by atoms with Gasteiger partial charge in [0.15, 0.2) is 0 Å². The van der Waals surface area contributed by atoms with Crippen molar-refractivity contribution in [3.05, 3.63) is 70.8 Å². The van der Waals surface area contributed by atoms with E-state index in [2.05, 4.69) is 21.1 Å². The van der Waals surface area contributed by atoms with Crippen molar-refractivity contribution in [2.45, 2.75) is 56.5 Å². The average Bonchev–Trinajstić information content (AvgIpc) is 3.42. The summed E-state index contributed by atoms with van der Waals surface area (Å²) in [5, 5.41) is 7.45. The number of guanidine groups is 1. The maximum Gasteiger partial charge on any atom is 0.416 e. The van der Waals surface area contributed by atoms with Gasteiger partial charge in [-0.25, -0.2) is 14.2 Å². The van der Waals surface area contributed by atoms with Crippen LogP contribution in [0.1, 0.15) is 59.6 Å². The number of amides is 1. The highest BCUT2D eigenvalue weighted by Gasteiger charge is 2.33. The molecule has 0 radical (unpaired) electrons. The minimum atomic E-state index is -4.51. The molecule has 1 amide bonds. The molecule has 0 spiro atoms. The second-order valence-corrected chi connectivity index (χ2v) is 8.65. The molecular weight excluding hydrogens is 471 g/mol. The lowest BCUT2D eigenvalue weighted by molar-refractivity contribution is -0.137. The first kappa shape index (κ1) is 25.0. The number of hydrogen-bond acceptors (Lipinski definition) is 4. The normalized spacial score (nSPS) is 21.9. The zero-order valence-corrected chi connectivity index (χ0v) is 18.6. The first-order valence-corrected chi connectivity index (χ1v) is 11.2. The predicted molar refractivity (Wildman–Crippen MR) is 118 cm³/mol. The molecule has 0 bridgehead atoms. The van der Waals surface area contributed by atoms with E-state index in [9.17, 15) is 26.7 Å². The van der Waals surface area contributed by atoms with Crippen LogP contribution in [0.5, 0.6) is 0 Å². The highest BCUT2D eigenvalue weighted by molar-refractivity contribution is 6.02. The van der Waals surface area contributed by atoms with Crippen molar-refractivity contribution in [3.8, 4) is 0 Å². The van der Waals surface area contributed by atoms with Crippen molar-refractivity contribution in [2.75, 3.05) is 0 Å². The highest BCUT2D eigenvalue weighted by atomic mass is 19.4. The quantitative estimate of drug-likeness (QED) is 0.223. The molecule has 1 aliphatic carbocycles. The van der Waals surface area contributed by atoms with Crippen molar-refractivity contribution in [2.24, 2.45) is 10.8 Å². The minimum absolute atomic E-state index is 0.00668. The van der Waals surface area contributed by atoms with Gasteiger partial charge < -0.3 is 10.6 Å². The number of aliphatic imine (C=N–C) groups is 1. The van der Waals surface area contributed by atoms with Crippen LogP contribution < -0.4 is 21.9 Å². The highest BCUT2D eigenvalue weighted by Crippen LogP contribution is 2.29. The molecule has 2 unspecified atom stereocenters. The lowest BCUT2D eigenvalue weighted by atomic mass is 10.0. The topological polar surface area (TPSA) is 94.8 Å². The van der Waals surface area contributed by atoms with Gasteiger partial charge in [-0.2, -0.15) is 23.3 Å². The fourth-order valence-electron chi connectivity index (χ4n) is 4.27. The van der Waals surface area contributed by atoms with Crippen LogP contribution in [0.4, 0.5) is 22.0 Å². The second kappa shape index (κ2) is 10.3. The number of nitrogens with two attached hydrogens (primary N) is 1. The predicted octanol–water partition coefficient (Wildman–Crippen LogP) is 3.75. The maximum atomic E-state index is 13.7. The summed E-state index contributed by atoms with van der Waals surface area (Å²) in [4.78, 5) is 16.8. The van der Waals surface area contributed by atoms with Crippen molar-refractivity contribution < 1.29 is 26.7 Å². The van der Waals surface area contributed by atoms with Crippen LogP contribution in [0.15, 0.2) is 47.5 Å². The standard InChI is InChI=1S/C23H25F5N6O/c24-16-9-14(10-17(25)11-16)19-12-20(34(29)33-19)31-22(30-18-3-1-2-4-18)32-21(35)13-5-7-15(8-6-13)23(26,27)28/h5-11,18-20,33H,1-4,12,29H2,(H2,30,31,32,35). The Bertz CT molecular complexity index is 1060. The van der Waals surface area contributed by atoms with Crippen molar-refractivity contribution in [3.63, 3.8) is 0 Å². The molecule has 2 aliphatic rings. The van der Waals surface area contributed by atoms with Gasteiger partial charge in [0.1, 0.15) is 17.8 Å². The van der Waals surface area contributed by atoms with E-state index in [-0.39, 0.29) is 17.6 Å². The van der Waals surface area contributed by atoms with Gasteiger partial charge in [0, 0.05) is 24.1 Å². The smallest absolute Gasteiger partial charge is 0.353 e. The van der Waals surface area contributed by atoms with Gasteiger partial charge in [0.25, 0.3) is 5.91 Å². The van der Waals surface area contributed by atoms with Crippen LogP contribution in [-0.2, 0) is 6.18 Å². The molecule has 1 saturated heterocycles. The fraction of sp³-hybridized carbons (Fsp3) is 0.391. The molecule has 0 aromatic heterocycles. The van der Waals surface area contributed by atoms with Gasteiger partial charge in [-0.1, -0.05) is 12.8 Å². The van der Waals surface area contributed by atoms with E-state index in [4.69, 9.17) is 5.84 Å². The Morgan fingerprint density at radius 3 is 2.26 bits per heavy atom. The summed E-state index contributed by atoms with van der Waals surface area (Å²) in [5.41, 5.74) is 2.41. The number of nitrogens with one attached hydrogen (secondary N) is 3. The zero-order chi connectivity index (χ0) is 25.2. The van der Waals surface area contributed by atoms with Crippen LogP contribution in [0, 0.1) is 11.6 Å². The fourth-order valence-corrected chi connectivity index (χ4v) is 4.27. The van der Waals surface area contributed by atoms with Crippen LogP contribution in [-0.4, -0.2) is 29.2 Å². The Morgan fingerprint density at radius 2 is 1.66 bits per heavy atom. The summed E-state index contributed by atoms with van der Waals surface area (Å²) in [6.07, 6.45) is -1.05. The number of nitrogens with zero attached hydrogens (tertiary/aromatic N) is 2. The third-order valence-corrected chi connectivity index (χ3v) is 6.06. The van der Waals surface area contributed by atoms with Gasteiger partial charge in [-0.15, -0.1) is 0 Å². The van der Waals surface area contributed by atoms with Crippen molar-refractivity contribution in [1.82, 2.24) is 21.2 Å². The van der Waals surface area contributed by atoms with Crippen LogP contribution in [0.25, 0.3) is 0 Å². The molecule has 35 heavy (non-hydrogen) atoms. The molecule has 5 N–H and O–H groups in total. The van der Waals surface area contributed by atoms with E-state index in [0.29, 0.717) is 12.0 Å². The van der Waals surface area contributed by atoms with Gasteiger partial charge >= 0.3 is 6.18 Å². The summed E-state index contributed by atoms with van der Waals surface area (Å²) in [6.45, 7) is 0. The Labute approximate surface area is 198 Å². The Morgan fingerprint density at radius 1 is 1.03 bits per heavy atom. The van der Waals surface area contributed by atoms with E-state index in [1.807, 2.05) is 0 Å². The molecular formula is C23H25F5N6O. The second-order valence-electron chi connectivity index (χ2n) is 8.65. The minimum Gasteiger partial charge on any atom is -0.353 e. The average molecular weight is 496 g/mol. The van der Waals surface area contributed by atoms with Crippen LogP contribution in [0.2, 0.25) is 0 Å². The summed E-state index contributed by atoms with van der Waals surface area (Å²) in [5.74, 6) is 4.00.